The van der Waals surface area contributed by atoms with Crippen LogP contribution >= 0.6 is 0 Å². The Kier molecular flexibility index (Phi) is 8.69. The Balaban J connectivity index is 1.55. The number of carbonyl (C=O) groups is 3. The first-order chi connectivity index (χ1) is 17.9. The van der Waals surface area contributed by atoms with E-state index >= 15 is 0 Å². The summed E-state index contributed by atoms with van der Waals surface area (Å²) in [5.41, 5.74) is 2.50. The van der Waals surface area contributed by atoms with Gasteiger partial charge >= 0.3 is 0 Å². The number of amides is 3. The van der Waals surface area contributed by atoms with Crippen molar-refractivity contribution < 1.29 is 19.1 Å². The normalized spacial score (nSPS) is 16.1. The number of benzene rings is 2. The van der Waals surface area contributed by atoms with Gasteiger partial charge in [-0.05, 0) is 61.6 Å². The summed E-state index contributed by atoms with van der Waals surface area (Å²) in [5, 5.41) is 2.94. The minimum atomic E-state index is -0.264. The number of rotatable bonds is 7. The Bertz CT molecular complexity index is 1120. The molecule has 0 saturated carbocycles. The highest BCUT2D eigenvalue weighted by atomic mass is 16.5. The van der Waals surface area contributed by atoms with Gasteiger partial charge in [-0.15, -0.1) is 0 Å². The molecule has 37 heavy (non-hydrogen) atoms. The van der Waals surface area contributed by atoms with E-state index in [4.69, 9.17) is 4.74 Å². The van der Waals surface area contributed by atoms with E-state index in [1.165, 1.54) is 0 Å². The van der Waals surface area contributed by atoms with Crippen LogP contribution in [0.2, 0.25) is 0 Å². The summed E-state index contributed by atoms with van der Waals surface area (Å²) in [5.74, 6) is 0.856. The molecule has 2 saturated heterocycles. The summed E-state index contributed by atoms with van der Waals surface area (Å²) in [6.45, 7) is 8.21. The van der Waals surface area contributed by atoms with Gasteiger partial charge in [-0.2, -0.15) is 0 Å². The molecule has 2 heterocycles. The van der Waals surface area contributed by atoms with Gasteiger partial charge < -0.3 is 24.8 Å². The van der Waals surface area contributed by atoms with Crippen LogP contribution in [0, 0.1) is 5.92 Å². The van der Waals surface area contributed by atoms with Crippen molar-refractivity contribution in [1.29, 1.82) is 0 Å². The molecule has 0 aromatic heterocycles. The molecule has 0 radical (unpaired) electrons. The Labute approximate surface area is 219 Å². The highest BCUT2D eigenvalue weighted by Gasteiger charge is 2.27. The minimum absolute atomic E-state index is 0.00880. The highest BCUT2D eigenvalue weighted by Crippen LogP contribution is 2.29. The Morgan fingerprint density at radius 1 is 0.892 bits per heavy atom. The van der Waals surface area contributed by atoms with E-state index in [0.717, 1.165) is 38.0 Å². The molecule has 3 amide bonds. The molecule has 2 aromatic carbocycles. The molecule has 0 unspecified atom stereocenters. The van der Waals surface area contributed by atoms with Gasteiger partial charge in [-0.3, -0.25) is 14.4 Å². The Morgan fingerprint density at radius 2 is 1.62 bits per heavy atom. The van der Waals surface area contributed by atoms with E-state index in [0.29, 0.717) is 61.1 Å². The number of anilines is 2. The van der Waals surface area contributed by atoms with Crippen LogP contribution in [0.25, 0.3) is 0 Å². The van der Waals surface area contributed by atoms with Crippen LogP contribution in [0.5, 0.6) is 5.75 Å². The molecular formula is C29H38N4O4. The number of piperidine rings is 1. The molecule has 2 aromatic rings. The van der Waals surface area contributed by atoms with Crippen molar-refractivity contribution in [2.45, 2.75) is 39.5 Å². The fraction of sp³-hybridized carbons (Fsp3) is 0.483. The van der Waals surface area contributed by atoms with Gasteiger partial charge in [0.15, 0.2) is 0 Å². The number of likely N-dealkylation sites (tertiary alicyclic amines) is 1. The molecule has 4 rings (SSSR count). The largest absolute Gasteiger partial charge is 0.497 e. The first kappa shape index (κ1) is 26.5. The predicted octanol–water partition coefficient (Wildman–Crippen LogP) is 4.27. The second-order valence-electron chi connectivity index (χ2n) is 10.2. The van der Waals surface area contributed by atoms with Crippen LogP contribution in [0.3, 0.4) is 0 Å². The average molecular weight is 507 g/mol. The van der Waals surface area contributed by atoms with Gasteiger partial charge in [0.25, 0.3) is 11.8 Å². The maximum absolute atomic E-state index is 13.7. The quantitative estimate of drug-likeness (QED) is 0.607. The lowest BCUT2D eigenvalue weighted by atomic mass is 10.0. The average Bonchev–Trinajstić information content (AvgIpc) is 2.93. The van der Waals surface area contributed by atoms with Crippen LogP contribution in [0.15, 0.2) is 42.5 Å². The number of hydrogen-bond donors (Lipinski definition) is 1. The van der Waals surface area contributed by atoms with Crippen molar-refractivity contribution in [3.05, 3.63) is 53.6 Å². The van der Waals surface area contributed by atoms with E-state index in [1.54, 1.807) is 37.4 Å². The zero-order valence-electron chi connectivity index (χ0n) is 22.2. The maximum atomic E-state index is 13.7. The van der Waals surface area contributed by atoms with Crippen LogP contribution in [0.4, 0.5) is 11.4 Å². The number of carbonyl (C=O) groups excluding carboxylic acids is 3. The monoisotopic (exact) mass is 506 g/mol. The number of nitrogens with one attached hydrogen (secondary N) is 1. The SMILES string of the molecule is COc1cccc(C(=O)Nc2ccc(N3CCN(C(=O)CC(C)C)CC3)c(C(=O)N3CCCCC3)c2)c1. The van der Waals surface area contributed by atoms with Gasteiger partial charge in [-0.1, -0.05) is 19.9 Å². The number of hydrogen-bond acceptors (Lipinski definition) is 5. The number of nitrogens with zero attached hydrogens (tertiary/aromatic N) is 3. The molecule has 198 valence electrons. The smallest absolute Gasteiger partial charge is 0.256 e. The molecule has 8 nitrogen and oxygen atoms in total. The Hall–Kier alpha value is -3.55. The molecular weight excluding hydrogens is 468 g/mol. The summed E-state index contributed by atoms with van der Waals surface area (Å²) in [7, 11) is 1.56. The number of methoxy groups -OCH3 is 1. The summed E-state index contributed by atoms with van der Waals surface area (Å²) in [6.07, 6.45) is 3.70. The van der Waals surface area contributed by atoms with Crippen molar-refractivity contribution in [1.82, 2.24) is 9.80 Å². The Morgan fingerprint density at radius 3 is 2.30 bits per heavy atom. The van der Waals surface area contributed by atoms with Gasteiger partial charge in [0.1, 0.15) is 5.75 Å². The topological polar surface area (TPSA) is 82.2 Å². The predicted molar refractivity (Wildman–Crippen MR) is 145 cm³/mol. The lowest BCUT2D eigenvalue weighted by molar-refractivity contribution is -0.132. The van der Waals surface area contributed by atoms with Crippen molar-refractivity contribution in [3.63, 3.8) is 0 Å². The number of piperazine rings is 1. The van der Waals surface area contributed by atoms with Crippen LogP contribution in [-0.2, 0) is 4.79 Å². The van der Waals surface area contributed by atoms with Gasteiger partial charge in [0.2, 0.25) is 5.91 Å². The molecule has 0 atom stereocenters. The van der Waals surface area contributed by atoms with Crippen molar-refractivity contribution >= 4 is 29.1 Å². The third-order valence-corrected chi connectivity index (χ3v) is 7.02. The van der Waals surface area contributed by atoms with Crippen molar-refractivity contribution in [3.8, 4) is 5.75 Å². The highest BCUT2D eigenvalue weighted by molar-refractivity contribution is 6.06. The lowest BCUT2D eigenvalue weighted by Crippen LogP contribution is -2.49. The number of ether oxygens (including phenoxy) is 1. The zero-order chi connectivity index (χ0) is 26.4. The van der Waals surface area contributed by atoms with Crippen molar-refractivity contribution in [2.24, 2.45) is 5.92 Å². The molecule has 0 aliphatic carbocycles. The molecule has 8 heteroatoms. The summed E-state index contributed by atoms with van der Waals surface area (Å²) >= 11 is 0. The lowest BCUT2D eigenvalue weighted by Gasteiger charge is -2.38. The zero-order valence-corrected chi connectivity index (χ0v) is 22.2. The second-order valence-corrected chi connectivity index (χ2v) is 10.2. The van der Waals surface area contributed by atoms with Crippen LogP contribution in [0.1, 0.15) is 60.2 Å². The van der Waals surface area contributed by atoms with Crippen LogP contribution < -0.4 is 15.0 Å². The maximum Gasteiger partial charge on any atom is 0.256 e. The standard InChI is InChI=1S/C29H38N4O4/c1-21(2)18-27(34)32-16-14-31(15-17-32)26-11-10-23(20-25(26)29(36)33-12-5-4-6-13-33)30-28(35)22-8-7-9-24(19-22)37-3/h7-11,19-21H,4-6,12-18H2,1-3H3,(H,30,35). The van der Waals surface area contributed by atoms with Crippen LogP contribution in [-0.4, -0.2) is 73.9 Å². The summed E-state index contributed by atoms with van der Waals surface area (Å²) in [6, 6.07) is 12.5. The third kappa shape index (κ3) is 6.61. The molecule has 1 N–H and O–H groups in total. The summed E-state index contributed by atoms with van der Waals surface area (Å²) in [4.78, 5) is 45.1. The summed E-state index contributed by atoms with van der Waals surface area (Å²) < 4.78 is 5.24. The third-order valence-electron chi connectivity index (χ3n) is 7.02. The fourth-order valence-corrected chi connectivity index (χ4v) is 4.97. The first-order valence-electron chi connectivity index (χ1n) is 13.3. The fourth-order valence-electron chi connectivity index (χ4n) is 4.97. The first-order valence-corrected chi connectivity index (χ1v) is 13.3. The van der Waals surface area contributed by atoms with E-state index in [9.17, 15) is 14.4 Å². The second kappa shape index (κ2) is 12.1. The molecule has 2 aliphatic heterocycles. The van der Waals surface area contributed by atoms with Gasteiger partial charge in [-0.25, -0.2) is 0 Å². The molecule has 2 aliphatic rings. The molecule has 0 spiro atoms. The van der Waals surface area contributed by atoms with E-state index in [2.05, 4.69) is 24.1 Å². The van der Waals surface area contributed by atoms with E-state index in [1.807, 2.05) is 21.9 Å². The van der Waals surface area contributed by atoms with Gasteiger partial charge in [0.05, 0.1) is 12.7 Å². The molecule has 2 fully saturated rings. The molecule has 0 bridgehead atoms. The van der Waals surface area contributed by atoms with E-state index < -0.39 is 0 Å². The minimum Gasteiger partial charge on any atom is -0.497 e. The van der Waals surface area contributed by atoms with Gasteiger partial charge in [0, 0.05) is 62.6 Å². The van der Waals surface area contributed by atoms with Crippen molar-refractivity contribution in [2.75, 3.05) is 56.6 Å². The van der Waals surface area contributed by atoms with E-state index in [-0.39, 0.29) is 17.7 Å².